The molecule has 0 N–H and O–H groups in total. The van der Waals surface area contributed by atoms with Crippen molar-refractivity contribution in [3.63, 3.8) is 0 Å². The second kappa shape index (κ2) is 8.34. The number of rotatable bonds is 5. The van der Waals surface area contributed by atoms with Crippen LogP contribution in [-0.4, -0.2) is 59.1 Å². The van der Waals surface area contributed by atoms with Crippen LogP contribution in [0, 0.1) is 0 Å². The number of hydrogen-bond acceptors (Lipinski definition) is 3. The van der Waals surface area contributed by atoms with Gasteiger partial charge in [-0.15, -0.1) is 0 Å². The lowest BCUT2D eigenvalue weighted by Crippen LogP contribution is -2.43. The number of benzene rings is 1. The van der Waals surface area contributed by atoms with E-state index in [4.69, 9.17) is 4.74 Å². The minimum Gasteiger partial charge on any atom is -0.490 e. The Kier molecular flexibility index (Phi) is 5.67. The van der Waals surface area contributed by atoms with Gasteiger partial charge in [0.2, 0.25) is 5.91 Å². The van der Waals surface area contributed by atoms with Gasteiger partial charge in [0.05, 0.1) is 5.52 Å². The molecule has 0 spiro atoms. The van der Waals surface area contributed by atoms with Gasteiger partial charge in [-0.05, 0) is 43.9 Å². The Morgan fingerprint density at radius 2 is 1.89 bits per heavy atom. The Morgan fingerprint density at radius 3 is 2.74 bits per heavy atom. The van der Waals surface area contributed by atoms with Gasteiger partial charge >= 0.3 is 0 Å². The molecule has 1 aromatic heterocycles. The minimum atomic E-state index is 0.284. The van der Waals surface area contributed by atoms with Crippen LogP contribution in [0.3, 0.4) is 0 Å². The van der Waals surface area contributed by atoms with E-state index in [2.05, 4.69) is 51.9 Å². The maximum absolute atomic E-state index is 12.1. The highest BCUT2D eigenvalue weighted by Crippen LogP contribution is 2.28. The molecule has 2 fully saturated rings. The zero-order valence-electron chi connectivity index (χ0n) is 16.4. The van der Waals surface area contributed by atoms with Crippen LogP contribution in [0.1, 0.15) is 38.5 Å². The van der Waals surface area contributed by atoms with E-state index in [1.807, 2.05) is 0 Å². The van der Waals surface area contributed by atoms with Gasteiger partial charge in [0.25, 0.3) is 0 Å². The Labute approximate surface area is 161 Å². The molecule has 3 heterocycles. The number of carbonyl (C=O) groups excluding carboxylic acids is 1. The lowest BCUT2D eigenvalue weighted by atomic mass is 10.1. The van der Waals surface area contributed by atoms with Gasteiger partial charge in [-0.3, -0.25) is 4.79 Å². The summed E-state index contributed by atoms with van der Waals surface area (Å²) in [5.74, 6) is 1.35. The van der Waals surface area contributed by atoms with Gasteiger partial charge < -0.3 is 19.1 Å². The number of aryl methyl sites for hydroxylation is 1. The number of likely N-dealkylation sites (tertiary alicyclic amines) is 2. The summed E-state index contributed by atoms with van der Waals surface area (Å²) in [6.07, 6.45) is 8.63. The van der Waals surface area contributed by atoms with Gasteiger partial charge in [-0.2, -0.15) is 0 Å². The molecule has 0 bridgehead atoms. The zero-order chi connectivity index (χ0) is 18.6. The molecule has 1 aromatic carbocycles. The van der Waals surface area contributed by atoms with E-state index in [1.165, 1.54) is 17.3 Å². The third-order valence-corrected chi connectivity index (χ3v) is 6.07. The SMILES string of the molecule is Cn1ccc2c(OC3CCN(CCN4CCCCCC4=O)CC3)cccc21. The summed E-state index contributed by atoms with van der Waals surface area (Å²) < 4.78 is 8.49. The van der Waals surface area contributed by atoms with Crippen molar-refractivity contribution in [1.82, 2.24) is 14.4 Å². The van der Waals surface area contributed by atoms with Crippen molar-refractivity contribution in [3.05, 3.63) is 30.5 Å². The van der Waals surface area contributed by atoms with E-state index in [1.54, 1.807) is 0 Å². The van der Waals surface area contributed by atoms with E-state index in [-0.39, 0.29) is 6.10 Å². The first kappa shape index (κ1) is 18.4. The lowest BCUT2D eigenvalue weighted by molar-refractivity contribution is -0.130. The first-order valence-electron chi connectivity index (χ1n) is 10.4. The van der Waals surface area contributed by atoms with Crippen molar-refractivity contribution in [3.8, 4) is 5.75 Å². The van der Waals surface area contributed by atoms with E-state index < -0.39 is 0 Å². The van der Waals surface area contributed by atoms with Crippen molar-refractivity contribution >= 4 is 16.8 Å². The molecular weight excluding hydrogens is 338 g/mol. The zero-order valence-corrected chi connectivity index (χ0v) is 16.4. The normalized spacial score (nSPS) is 20.2. The fourth-order valence-corrected chi connectivity index (χ4v) is 4.34. The number of carbonyl (C=O) groups is 1. The quantitative estimate of drug-likeness (QED) is 0.810. The first-order chi connectivity index (χ1) is 13.2. The maximum atomic E-state index is 12.1. The van der Waals surface area contributed by atoms with E-state index in [9.17, 15) is 4.79 Å². The van der Waals surface area contributed by atoms with Gasteiger partial charge in [-0.1, -0.05) is 12.5 Å². The maximum Gasteiger partial charge on any atom is 0.222 e. The first-order valence-corrected chi connectivity index (χ1v) is 10.4. The van der Waals surface area contributed by atoms with Crippen molar-refractivity contribution < 1.29 is 9.53 Å². The molecular formula is C22H31N3O2. The average Bonchev–Trinajstić information content (AvgIpc) is 2.94. The number of aromatic nitrogens is 1. The van der Waals surface area contributed by atoms with Crippen LogP contribution in [0.2, 0.25) is 0 Å². The van der Waals surface area contributed by atoms with Crippen LogP contribution in [0.4, 0.5) is 0 Å². The molecule has 4 rings (SSSR count). The van der Waals surface area contributed by atoms with Gasteiger partial charge in [0.15, 0.2) is 0 Å². The molecule has 1 amide bonds. The molecule has 2 aliphatic heterocycles. The molecule has 0 aliphatic carbocycles. The second-order valence-corrected chi connectivity index (χ2v) is 7.97. The molecule has 0 saturated carbocycles. The second-order valence-electron chi connectivity index (χ2n) is 7.97. The lowest BCUT2D eigenvalue weighted by Gasteiger charge is -2.33. The Morgan fingerprint density at radius 1 is 1.04 bits per heavy atom. The highest BCUT2D eigenvalue weighted by atomic mass is 16.5. The van der Waals surface area contributed by atoms with E-state index in [0.717, 1.165) is 70.6 Å². The monoisotopic (exact) mass is 369 g/mol. The fraction of sp³-hybridized carbons (Fsp3) is 0.591. The molecule has 2 aromatic rings. The third kappa shape index (κ3) is 4.29. The largest absolute Gasteiger partial charge is 0.490 e. The van der Waals surface area contributed by atoms with Gasteiger partial charge in [0, 0.05) is 57.8 Å². The average molecular weight is 370 g/mol. The summed E-state index contributed by atoms with van der Waals surface area (Å²) in [4.78, 5) is 16.7. The Bertz CT molecular complexity index is 777. The van der Waals surface area contributed by atoms with Crippen LogP contribution < -0.4 is 4.74 Å². The third-order valence-electron chi connectivity index (χ3n) is 6.07. The number of ether oxygens (including phenoxy) is 1. The predicted molar refractivity (Wildman–Crippen MR) is 108 cm³/mol. The van der Waals surface area contributed by atoms with Crippen LogP contribution in [0.25, 0.3) is 10.9 Å². The van der Waals surface area contributed by atoms with Crippen LogP contribution >= 0.6 is 0 Å². The van der Waals surface area contributed by atoms with E-state index >= 15 is 0 Å². The van der Waals surface area contributed by atoms with Crippen molar-refractivity contribution in [2.45, 2.75) is 44.6 Å². The number of fused-ring (bicyclic) bond motifs is 1. The van der Waals surface area contributed by atoms with Crippen molar-refractivity contribution in [2.75, 3.05) is 32.7 Å². The summed E-state index contributed by atoms with van der Waals surface area (Å²) in [6.45, 7) is 4.93. The number of piperidine rings is 1. The molecule has 2 saturated heterocycles. The molecule has 0 atom stereocenters. The van der Waals surface area contributed by atoms with E-state index in [0.29, 0.717) is 5.91 Å². The molecule has 0 radical (unpaired) electrons. The Balaban J connectivity index is 1.27. The highest BCUT2D eigenvalue weighted by molar-refractivity contribution is 5.86. The molecule has 146 valence electrons. The summed E-state index contributed by atoms with van der Waals surface area (Å²) in [6, 6.07) is 8.43. The van der Waals surface area contributed by atoms with Crippen LogP contribution in [-0.2, 0) is 11.8 Å². The number of amides is 1. The molecule has 5 heteroatoms. The summed E-state index contributed by atoms with van der Waals surface area (Å²) in [7, 11) is 2.07. The van der Waals surface area contributed by atoms with Gasteiger partial charge in [0.1, 0.15) is 11.9 Å². The fourth-order valence-electron chi connectivity index (χ4n) is 4.34. The molecule has 5 nitrogen and oxygen atoms in total. The summed E-state index contributed by atoms with van der Waals surface area (Å²) in [5, 5.41) is 1.20. The predicted octanol–water partition coefficient (Wildman–Crippen LogP) is 3.42. The number of hydrogen-bond donors (Lipinski definition) is 0. The smallest absolute Gasteiger partial charge is 0.222 e. The van der Waals surface area contributed by atoms with Crippen molar-refractivity contribution in [2.24, 2.45) is 7.05 Å². The summed E-state index contributed by atoms with van der Waals surface area (Å²) in [5.41, 5.74) is 1.21. The molecule has 0 unspecified atom stereocenters. The van der Waals surface area contributed by atoms with Crippen molar-refractivity contribution in [1.29, 1.82) is 0 Å². The van der Waals surface area contributed by atoms with Crippen LogP contribution in [0.5, 0.6) is 5.75 Å². The molecule has 2 aliphatic rings. The summed E-state index contributed by atoms with van der Waals surface area (Å²) >= 11 is 0. The van der Waals surface area contributed by atoms with Crippen LogP contribution in [0.15, 0.2) is 30.5 Å². The minimum absolute atomic E-state index is 0.284. The topological polar surface area (TPSA) is 37.7 Å². The van der Waals surface area contributed by atoms with Gasteiger partial charge in [-0.25, -0.2) is 0 Å². The molecule has 27 heavy (non-hydrogen) atoms. The standard InChI is InChI=1S/C22H31N3O2/c1-23-13-11-19-20(23)6-5-7-21(19)27-18-9-14-24(15-10-18)16-17-25-12-4-2-3-8-22(25)26/h5-7,11,13,18H,2-4,8-10,12,14-17H2,1H3. The number of nitrogens with zero attached hydrogens (tertiary/aromatic N) is 3. The highest BCUT2D eigenvalue weighted by Gasteiger charge is 2.23. The Hall–Kier alpha value is -2.01.